The molecular weight excluding hydrogens is 218 g/mol. The molecule has 0 saturated heterocycles. The van der Waals surface area contributed by atoms with E-state index in [1.165, 1.54) is 64.3 Å². The molecule has 0 radical (unpaired) electrons. The minimum Gasteiger partial charge on any atom is -0.313 e. The Morgan fingerprint density at radius 2 is 1.67 bits per heavy atom. The van der Waals surface area contributed by atoms with E-state index in [4.69, 9.17) is 0 Å². The Bertz CT molecular complexity index is 230. The van der Waals surface area contributed by atoms with Gasteiger partial charge in [0.1, 0.15) is 0 Å². The second-order valence-corrected chi connectivity index (χ2v) is 7.27. The zero-order valence-corrected chi connectivity index (χ0v) is 12.8. The summed E-state index contributed by atoms with van der Waals surface area (Å²) in [6.07, 6.45) is 13.4. The lowest BCUT2D eigenvalue weighted by molar-refractivity contribution is 0.119. The highest BCUT2D eigenvalue weighted by molar-refractivity contribution is 4.92. The molecule has 0 aromatic heterocycles. The first-order valence-corrected chi connectivity index (χ1v) is 8.40. The van der Waals surface area contributed by atoms with Crippen molar-refractivity contribution in [3.8, 4) is 0 Å². The maximum absolute atomic E-state index is 3.82. The SMILES string of the molecule is CCCNC(C(C)C)C1CCC2(CCCC2)CC1. The molecule has 106 valence electrons. The highest BCUT2D eigenvalue weighted by atomic mass is 14.9. The van der Waals surface area contributed by atoms with E-state index < -0.39 is 0 Å². The molecule has 0 aromatic carbocycles. The Morgan fingerprint density at radius 1 is 1.06 bits per heavy atom. The lowest BCUT2D eigenvalue weighted by atomic mass is 9.67. The first-order valence-electron chi connectivity index (χ1n) is 8.40. The Hall–Kier alpha value is -0.0400. The molecule has 2 rings (SSSR count). The van der Waals surface area contributed by atoms with Gasteiger partial charge in [-0.3, -0.25) is 0 Å². The van der Waals surface area contributed by atoms with Crippen molar-refractivity contribution in [3.63, 3.8) is 0 Å². The van der Waals surface area contributed by atoms with E-state index in [1.54, 1.807) is 0 Å². The van der Waals surface area contributed by atoms with Gasteiger partial charge in [-0.2, -0.15) is 0 Å². The quantitative estimate of drug-likeness (QED) is 0.743. The number of nitrogens with one attached hydrogen (secondary N) is 1. The molecule has 0 heterocycles. The van der Waals surface area contributed by atoms with E-state index in [0.29, 0.717) is 0 Å². The molecule has 0 aliphatic heterocycles. The van der Waals surface area contributed by atoms with Gasteiger partial charge in [-0.25, -0.2) is 0 Å². The van der Waals surface area contributed by atoms with E-state index in [2.05, 4.69) is 26.1 Å². The van der Waals surface area contributed by atoms with Gasteiger partial charge >= 0.3 is 0 Å². The van der Waals surface area contributed by atoms with Crippen LogP contribution in [0.1, 0.15) is 78.6 Å². The molecule has 1 spiro atoms. The van der Waals surface area contributed by atoms with Crippen LogP contribution in [0.4, 0.5) is 0 Å². The molecule has 0 aromatic rings. The van der Waals surface area contributed by atoms with Crippen LogP contribution in [0.2, 0.25) is 0 Å². The molecule has 0 amide bonds. The van der Waals surface area contributed by atoms with E-state index in [0.717, 1.165) is 23.3 Å². The average molecular weight is 251 g/mol. The van der Waals surface area contributed by atoms with Crippen molar-refractivity contribution in [2.24, 2.45) is 17.3 Å². The molecule has 0 bridgehead atoms. The lowest BCUT2D eigenvalue weighted by Gasteiger charge is -2.41. The molecule has 1 unspecified atom stereocenters. The van der Waals surface area contributed by atoms with Gasteiger partial charge in [0, 0.05) is 6.04 Å². The summed E-state index contributed by atoms with van der Waals surface area (Å²) < 4.78 is 0. The monoisotopic (exact) mass is 251 g/mol. The van der Waals surface area contributed by atoms with Crippen LogP contribution in [0.25, 0.3) is 0 Å². The zero-order valence-electron chi connectivity index (χ0n) is 12.8. The molecular formula is C17H33N. The highest BCUT2D eigenvalue weighted by Crippen LogP contribution is 2.51. The van der Waals surface area contributed by atoms with E-state index >= 15 is 0 Å². The summed E-state index contributed by atoms with van der Waals surface area (Å²) >= 11 is 0. The summed E-state index contributed by atoms with van der Waals surface area (Å²) in [5.74, 6) is 1.74. The number of hydrogen-bond donors (Lipinski definition) is 1. The zero-order chi connectivity index (χ0) is 13.0. The van der Waals surface area contributed by atoms with E-state index in [9.17, 15) is 0 Å². The first kappa shape index (κ1) is 14.4. The third-order valence-corrected chi connectivity index (χ3v) is 5.61. The van der Waals surface area contributed by atoms with Crippen LogP contribution in [-0.2, 0) is 0 Å². The van der Waals surface area contributed by atoms with Crippen LogP contribution in [0.3, 0.4) is 0 Å². The van der Waals surface area contributed by atoms with Gasteiger partial charge in [-0.15, -0.1) is 0 Å². The third kappa shape index (κ3) is 3.29. The molecule has 1 atom stereocenters. The van der Waals surface area contributed by atoms with Gasteiger partial charge in [0.05, 0.1) is 0 Å². The summed E-state index contributed by atoms with van der Waals surface area (Å²) in [6.45, 7) is 8.27. The van der Waals surface area contributed by atoms with Crippen molar-refractivity contribution >= 4 is 0 Å². The number of hydrogen-bond acceptors (Lipinski definition) is 1. The van der Waals surface area contributed by atoms with Crippen molar-refractivity contribution in [2.75, 3.05) is 6.54 Å². The van der Waals surface area contributed by atoms with E-state index in [-0.39, 0.29) is 0 Å². The van der Waals surface area contributed by atoms with Crippen LogP contribution in [0.5, 0.6) is 0 Å². The van der Waals surface area contributed by atoms with Crippen molar-refractivity contribution < 1.29 is 0 Å². The minimum atomic E-state index is 0.767. The van der Waals surface area contributed by atoms with Crippen LogP contribution in [-0.4, -0.2) is 12.6 Å². The smallest absolute Gasteiger partial charge is 0.0118 e. The van der Waals surface area contributed by atoms with Gasteiger partial charge in [-0.05, 0) is 68.7 Å². The molecule has 2 fully saturated rings. The molecule has 2 aliphatic carbocycles. The maximum atomic E-state index is 3.82. The molecule has 1 nitrogen and oxygen atoms in total. The predicted molar refractivity (Wildman–Crippen MR) is 79.8 cm³/mol. The van der Waals surface area contributed by atoms with Crippen LogP contribution in [0.15, 0.2) is 0 Å². The Morgan fingerprint density at radius 3 is 2.17 bits per heavy atom. The highest BCUT2D eigenvalue weighted by Gasteiger charge is 2.39. The van der Waals surface area contributed by atoms with Crippen LogP contribution >= 0.6 is 0 Å². The molecule has 1 N–H and O–H groups in total. The Kier molecular flexibility index (Phi) is 5.12. The summed E-state index contributed by atoms with van der Waals surface area (Å²) in [6, 6.07) is 0.767. The summed E-state index contributed by atoms with van der Waals surface area (Å²) in [5.41, 5.74) is 0.794. The minimum absolute atomic E-state index is 0.767. The fraction of sp³-hybridized carbons (Fsp3) is 1.00. The van der Waals surface area contributed by atoms with Gasteiger partial charge in [0.25, 0.3) is 0 Å². The topological polar surface area (TPSA) is 12.0 Å². The molecule has 2 saturated carbocycles. The van der Waals surface area contributed by atoms with Crippen LogP contribution < -0.4 is 5.32 Å². The van der Waals surface area contributed by atoms with Crippen LogP contribution in [0, 0.1) is 17.3 Å². The Balaban J connectivity index is 1.86. The Labute approximate surface area is 114 Å². The normalized spacial score (nSPS) is 26.0. The standard InChI is InChI=1S/C17H33N/c1-4-13-18-16(14(2)3)15-7-11-17(12-8-15)9-5-6-10-17/h14-16,18H,4-13H2,1-3H3. The number of rotatable bonds is 5. The van der Waals surface area contributed by atoms with Gasteiger partial charge in [0.2, 0.25) is 0 Å². The molecule has 18 heavy (non-hydrogen) atoms. The lowest BCUT2D eigenvalue weighted by Crippen LogP contribution is -2.43. The summed E-state index contributed by atoms with van der Waals surface area (Å²) in [4.78, 5) is 0. The van der Waals surface area contributed by atoms with Crippen molar-refractivity contribution in [2.45, 2.75) is 84.6 Å². The first-order chi connectivity index (χ1) is 8.67. The fourth-order valence-corrected chi connectivity index (χ4v) is 4.49. The van der Waals surface area contributed by atoms with Gasteiger partial charge in [0.15, 0.2) is 0 Å². The summed E-state index contributed by atoms with van der Waals surface area (Å²) in [7, 11) is 0. The van der Waals surface area contributed by atoms with Gasteiger partial charge < -0.3 is 5.32 Å². The fourth-order valence-electron chi connectivity index (χ4n) is 4.49. The average Bonchev–Trinajstić information content (AvgIpc) is 2.80. The largest absolute Gasteiger partial charge is 0.313 e. The molecule has 2 aliphatic rings. The second-order valence-electron chi connectivity index (χ2n) is 7.27. The second kappa shape index (κ2) is 6.41. The van der Waals surface area contributed by atoms with Crippen molar-refractivity contribution in [3.05, 3.63) is 0 Å². The van der Waals surface area contributed by atoms with Crippen molar-refractivity contribution in [1.29, 1.82) is 0 Å². The van der Waals surface area contributed by atoms with Gasteiger partial charge in [-0.1, -0.05) is 33.6 Å². The maximum Gasteiger partial charge on any atom is 0.0118 e. The van der Waals surface area contributed by atoms with E-state index in [1.807, 2.05) is 0 Å². The van der Waals surface area contributed by atoms with Crippen molar-refractivity contribution in [1.82, 2.24) is 5.32 Å². The molecule has 1 heteroatoms. The predicted octanol–water partition coefficient (Wildman–Crippen LogP) is 4.76. The summed E-state index contributed by atoms with van der Waals surface area (Å²) in [5, 5.41) is 3.82. The third-order valence-electron chi connectivity index (χ3n) is 5.61.